The second-order valence-electron chi connectivity index (χ2n) is 2.24. The molecule has 1 heterocycles. The van der Waals surface area contributed by atoms with Gasteiger partial charge in [-0.05, 0) is 6.07 Å². The summed E-state index contributed by atoms with van der Waals surface area (Å²) in [5, 5.41) is 0. The fraction of sp³-hybridized carbons (Fsp3) is 0.167. The fourth-order valence-electron chi connectivity index (χ4n) is 0.547. The van der Waals surface area contributed by atoms with Crippen molar-refractivity contribution in [3.8, 4) is 0 Å². The summed E-state index contributed by atoms with van der Waals surface area (Å²) in [5.74, 6) is -1.00. The summed E-state index contributed by atoms with van der Waals surface area (Å²) in [6, 6.07) is 1.26. The molecule has 1 aromatic rings. The van der Waals surface area contributed by atoms with Gasteiger partial charge in [0.2, 0.25) is 0 Å². The van der Waals surface area contributed by atoms with E-state index in [9.17, 15) is 13.2 Å². The highest BCUT2D eigenvalue weighted by Gasteiger charge is 2.13. The third-order valence-electron chi connectivity index (χ3n) is 1.02. The Balaban J connectivity index is 2.61. The quantitative estimate of drug-likeness (QED) is 0.499. The molecule has 1 aromatic heterocycles. The van der Waals surface area contributed by atoms with Gasteiger partial charge in [-0.1, -0.05) is 4.33 Å². The number of aromatic nitrogens is 2. The van der Waals surface area contributed by atoms with E-state index in [-0.39, 0.29) is 5.69 Å². The largest absolute Gasteiger partial charge is 0.392 e. The van der Waals surface area contributed by atoms with Crippen LogP contribution in [0.1, 0.15) is 10.5 Å². The molecular formula is C6H6N2O5S. The summed E-state index contributed by atoms with van der Waals surface area (Å²) in [4.78, 5) is 22.0. The Morgan fingerprint density at radius 2 is 2.21 bits per heavy atom. The lowest BCUT2D eigenvalue weighted by Crippen LogP contribution is -2.11. The van der Waals surface area contributed by atoms with Crippen molar-refractivity contribution in [2.75, 3.05) is 6.26 Å². The first-order valence-corrected chi connectivity index (χ1v) is 5.17. The Morgan fingerprint density at radius 1 is 1.50 bits per heavy atom. The van der Waals surface area contributed by atoms with Crippen LogP contribution in [-0.4, -0.2) is 30.6 Å². The van der Waals surface area contributed by atoms with E-state index in [1.54, 1.807) is 0 Å². The Bertz CT molecular complexity index is 415. The zero-order valence-corrected chi connectivity index (χ0v) is 7.89. The van der Waals surface area contributed by atoms with Crippen LogP contribution in [0.25, 0.3) is 0 Å². The van der Waals surface area contributed by atoms with Gasteiger partial charge in [0.05, 0.1) is 6.26 Å². The highest BCUT2D eigenvalue weighted by Crippen LogP contribution is 1.97. The molecule has 7 nitrogen and oxygen atoms in total. The van der Waals surface area contributed by atoms with E-state index < -0.39 is 16.1 Å². The molecule has 8 heteroatoms. The monoisotopic (exact) mass is 218 g/mol. The van der Waals surface area contributed by atoms with Crippen LogP contribution in [0.15, 0.2) is 18.6 Å². The topological polar surface area (TPSA) is 95.5 Å². The highest BCUT2D eigenvalue weighted by molar-refractivity contribution is 7.85. The normalized spacial score (nSPS) is 10.9. The molecule has 0 fully saturated rings. The smallest absolute Gasteiger partial charge is 0.274 e. The van der Waals surface area contributed by atoms with Crippen LogP contribution >= 0.6 is 0 Å². The third-order valence-corrected chi connectivity index (χ3v) is 1.34. The Labute approximate surface area is 79.8 Å². The number of carbonyl (C=O) groups is 1. The van der Waals surface area contributed by atoms with Gasteiger partial charge < -0.3 is 0 Å². The minimum absolute atomic E-state index is 0.0938. The molecule has 0 saturated carbocycles. The van der Waals surface area contributed by atoms with Crippen molar-refractivity contribution in [1.29, 1.82) is 0 Å². The van der Waals surface area contributed by atoms with Gasteiger partial charge in [-0.2, -0.15) is 8.42 Å². The maximum Gasteiger partial charge on any atom is 0.392 e. The lowest BCUT2D eigenvalue weighted by Gasteiger charge is -1.98. The maximum atomic E-state index is 11.0. The van der Waals surface area contributed by atoms with E-state index in [0.29, 0.717) is 0 Å². The van der Waals surface area contributed by atoms with Crippen molar-refractivity contribution < 1.29 is 22.4 Å². The number of hydrogen-bond donors (Lipinski definition) is 0. The van der Waals surface area contributed by atoms with Crippen molar-refractivity contribution in [1.82, 2.24) is 9.97 Å². The summed E-state index contributed by atoms with van der Waals surface area (Å²) in [6.45, 7) is 0. The molecule has 0 aliphatic carbocycles. The molecule has 0 N–H and O–H groups in total. The van der Waals surface area contributed by atoms with Crippen LogP contribution in [0, 0.1) is 0 Å². The van der Waals surface area contributed by atoms with Gasteiger partial charge in [0.1, 0.15) is 6.33 Å². The number of rotatable bonds is 3. The van der Waals surface area contributed by atoms with Crippen LogP contribution in [0.3, 0.4) is 0 Å². The molecule has 0 unspecified atom stereocenters. The van der Waals surface area contributed by atoms with Gasteiger partial charge in [0.15, 0.2) is 5.69 Å². The molecular weight excluding hydrogens is 212 g/mol. The average Bonchev–Trinajstić information content (AvgIpc) is 2.14. The Morgan fingerprint density at radius 3 is 2.71 bits per heavy atom. The fourth-order valence-corrected chi connectivity index (χ4v) is 0.732. The zero-order valence-electron chi connectivity index (χ0n) is 7.08. The molecule has 0 amide bonds. The Hall–Kier alpha value is -1.54. The van der Waals surface area contributed by atoms with Crippen molar-refractivity contribution in [2.45, 2.75) is 0 Å². The van der Waals surface area contributed by atoms with E-state index in [4.69, 9.17) is 0 Å². The number of carbonyl (C=O) groups excluding carboxylic acids is 1. The van der Waals surface area contributed by atoms with E-state index >= 15 is 0 Å². The zero-order chi connectivity index (χ0) is 10.6. The van der Waals surface area contributed by atoms with E-state index in [2.05, 4.69) is 19.2 Å². The first kappa shape index (κ1) is 10.5. The minimum atomic E-state index is -3.81. The molecule has 0 saturated heterocycles. The molecule has 0 bridgehead atoms. The molecule has 14 heavy (non-hydrogen) atoms. The second kappa shape index (κ2) is 4.11. The molecule has 0 aliphatic rings. The van der Waals surface area contributed by atoms with Crippen molar-refractivity contribution in [3.05, 3.63) is 24.3 Å². The van der Waals surface area contributed by atoms with Crippen molar-refractivity contribution in [3.63, 3.8) is 0 Å². The minimum Gasteiger partial charge on any atom is -0.274 e. The van der Waals surface area contributed by atoms with Gasteiger partial charge in [0.25, 0.3) is 10.1 Å². The van der Waals surface area contributed by atoms with Gasteiger partial charge >= 0.3 is 5.97 Å². The van der Waals surface area contributed by atoms with Gasteiger partial charge in [-0.3, -0.25) is 4.89 Å². The van der Waals surface area contributed by atoms with Gasteiger partial charge in [-0.15, -0.1) is 0 Å². The number of nitrogens with zero attached hydrogens (tertiary/aromatic N) is 2. The summed E-state index contributed by atoms with van der Waals surface area (Å²) in [5.41, 5.74) is -0.0938. The Kier molecular flexibility index (Phi) is 3.10. The van der Waals surface area contributed by atoms with Gasteiger partial charge in [-0.25, -0.2) is 14.8 Å². The van der Waals surface area contributed by atoms with Crippen molar-refractivity contribution in [2.24, 2.45) is 0 Å². The maximum absolute atomic E-state index is 11.0. The molecule has 0 atom stereocenters. The van der Waals surface area contributed by atoms with Crippen LogP contribution in [-0.2, 0) is 19.3 Å². The molecule has 0 aliphatic heterocycles. The summed E-state index contributed by atoms with van der Waals surface area (Å²) < 4.78 is 24.7. The number of hydrogen-bond acceptors (Lipinski definition) is 7. The summed E-state index contributed by atoms with van der Waals surface area (Å²) >= 11 is 0. The van der Waals surface area contributed by atoms with E-state index in [0.717, 1.165) is 12.6 Å². The van der Waals surface area contributed by atoms with E-state index in [1.807, 2.05) is 0 Å². The van der Waals surface area contributed by atoms with Crippen LogP contribution in [0.4, 0.5) is 0 Å². The van der Waals surface area contributed by atoms with E-state index in [1.165, 1.54) is 12.3 Å². The predicted molar refractivity (Wildman–Crippen MR) is 43.4 cm³/mol. The predicted octanol–water partition coefficient (Wildman–Crippen LogP) is -0.475. The third kappa shape index (κ3) is 3.46. The van der Waals surface area contributed by atoms with Crippen LogP contribution in [0.5, 0.6) is 0 Å². The first-order valence-electron chi connectivity index (χ1n) is 3.35. The molecule has 76 valence electrons. The summed E-state index contributed by atoms with van der Waals surface area (Å²) in [6.07, 6.45) is 3.18. The lowest BCUT2D eigenvalue weighted by molar-refractivity contribution is -0.143. The summed E-state index contributed by atoms with van der Waals surface area (Å²) in [7, 11) is -3.81. The lowest BCUT2D eigenvalue weighted by atomic mass is 10.4. The SMILES string of the molecule is CS(=O)(=O)OOC(=O)c1ccncn1. The first-order chi connectivity index (χ1) is 6.49. The van der Waals surface area contributed by atoms with Crippen LogP contribution < -0.4 is 0 Å². The molecule has 1 rings (SSSR count). The standard InChI is InChI=1S/C6H6N2O5S/c1-14(10,11)13-12-6(9)5-2-3-7-4-8-5/h2-4H,1H3. The molecule has 0 aromatic carbocycles. The molecule has 0 spiro atoms. The highest BCUT2D eigenvalue weighted by atomic mass is 32.2. The average molecular weight is 218 g/mol. The van der Waals surface area contributed by atoms with Crippen LogP contribution in [0.2, 0.25) is 0 Å². The van der Waals surface area contributed by atoms with Crippen molar-refractivity contribution >= 4 is 16.1 Å². The molecule has 0 radical (unpaired) electrons. The van der Waals surface area contributed by atoms with Gasteiger partial charge in [0, 0.05) is 6.20 Å². The second-order valence-corrected chi connectivity index (χ2v) is 3.78.